The summed E-state index contributed by atoms with van der Waals surface area (Å²) >= 11 is 0. The lowest BCUT2D eigenvalue weighted by Gasteiger charge is -2.31. The standard InChI is InChI=1S/C16H27N5O3/c1-2-3-14-18-16(20-19-14)13-9-21(5-7-24-13)10-15(22)17-8-12-4-6-23-11-12/h12-13H,2-11H2,1H3,(H,17,22)(H,18,19,20)/t12-,13-/m0/s1. The van der Waals surface area contributed by atoms with E-state index in [1.807, 2.05) is 0 Å². The second-order valence-electron chi connectivity index (χ2n) is 6.52. The van der Waals surface area contributed by atoms with Crippen LogP contribution in [0.3, 0.4) is 0 Å². The van der Waals surface area contributed by atoms with Crippen LogP contribution in [-0.2, 0) is 20.7 Å². The third-order valence-electron chi connectivity index (χ3n) is 4.45. The number of ether oxygens (including phenoxy) is 2. The van der Waals surface area contributed by atoms with E-state index in [2.05, 4.69) is 32.3 Å². The molecule has 8 heteroatoms. The van der Waals surface area contributed by atoms with Gasteiger partial charge in [-0.1, -0.05) is 6.92 Å². The van der Waals surface area contributed by atoms with E-state index < -0.39 is 0 Å². The smallest absolute Gasteiger partial charge is 0.234 e. The van der Waals surface area contributed by atoms with E-state index in [1.165, 1.54) is 0 Å². The van der Waals surface area contributed by atoms with E-state index in [0.29, 0.717) is 38.0 Å². The number of hydrogen-bond donors (Lipinski definition) is 2. The highest BCUT2D eigenvalue weighted by atomic mass is 16.5. The molecule has 2 aliphatic rings. The van der Waals surface area contributed by atoms with Crippen LogP contribution >= 0.6 is 0 Å². The van der Waals surface area contributed by atoms with Gasteiger partial charge in [-0.15, -0.1) is 0 Å². The van der Waals surface area contributed by atoms with Crippen molar-refractivity contribution in [3.05, 3.63) is 11.6 Å². The van der Waals surface area contributed by atoms with Crippen LogP contribution in [0.1, 0.15) is 37.5 Å². The molecule has 2 saturated heterocycles. The van der Waals surface area contributed by atoms with E-state index in [0.717, 1.165) is 44.8 Å². The molecule has 134 valence electrons. The first-order valence-electron chi connectivity index (χ1n) is 8.84. The predicted molar refractivity (Wildman–Crippen MR) is 87.4 cm³/mol. The number of nitrogens with one attached hydrogen (secondary N) is 2. The Labute approximate surface area is 142 Å². The summed E-state index contributed by atoms with van der Waals surface area (Å²) in [7, 11) is 0. The summed E-state index contributed by atoms with van der Waals surface area (Å²) in [6, 6.07) is 0. The number of carbonyl (C=O) groups is 1. The van der Waals surface area contributed by atoms with Gasteiger partial charge in [0.1, 0.15) is 11.9 Å². The third kappa shape index (κ3) is 4.75. The van der Waals surface area contributed by atoms with Gasteiger partial charge in [-0.2, -0.15) is 5.10 Å². The molecule has 0 bridgehead atoms. The first kappa shape index (κ1) is 17.3. The molecule has 0 aromatic carbocycles. The second-order valence-corrected chi connectivity index (χ2v) is 6.52. The fraction of sp³-hybridized carbons (Fsp3) is 0.812. The van der Waals surface area contributed by atoms with Crippen LogP contribution in [-0.4, -0.2) is 72.0 Å². The minimum atomic E-state index is -0.170. The van der Waals surface area contributed by atoms with Gasteiger partial charge in [0.05, 0.1) is 19.8 Å². The van der Waals surface area contributed by atoms with E-state index in [9.17, 15) is 4.79 Å². The summed E-state index contributed by atoms with van der Waals surface area (Å²) in [5, 5.41) is 10.2. The Balaban J connectivity index is 1.44. The van der Waals surface area contributed by atoms with Crippen LogP contribution in [0.4, 0.5) is 0 Å². The average Bonchev–Trinajstić information content (AvgIpc) is 3.25. The molecule has 2 N–H and O–H groups in total. The number of morpholine rings is 1. The molecule has 2 aliphatic heterocycles. The number of amides is 1. The van der Waals surface area contributed by atoms with E-state index in [4.69, 9.17) is 9.47 Å². The first-order chi connectivity index (χ1) is 11.7. The second kappa shape index (κ2) is 8.55. The summed E-state index contributed by atoms with van der Waals surface area (Å²) in [6.45, 7) is 6.75. The van der Waals surface area contributed by atoms with E-state index in [-0.39, 0.29) is 12.0 Å². The van der Waals surface area contributed by atoms with Gasteiger partial charge in [-0.3, -0.25) is 14.8 Å². The van der Waals surface area contributed by atoms with Crippen molar-refractivity contribution in [1.82, 2.24) is 25.4 Å². The van der Waals surface area contributed by atoms with Gasteiger partial charge in [-0.25, -0.2) is 4.98 Å². The summed E-state index contributed by atoms with van der Waals surface area (Å²) in [4.78, 5) is 18.7. The highest BCUT2D eigenvalue weighted by molar-refractivity contribution is 5.78. The molecule has 1 aromatic rings. The molecule has 2 atom stereocenters. The number of aromatic nitrogens is 3. The Kier molecular flexibility index (Phi) is 6.17. The average molecular weight is 337 g/mol. The van der Waals surface area contributed by atoms with Crippen LogP contribution in [0.2, 0.25) is 0 Å². The number of aromatic amines is 1. The minimum Gasteiger partial charge on any atom is -0.381 e. The molecule has 2 fully saturated rings. The molecular weight excluding hydrogens is 310 g/mol. The lowest BCUT2D eigenvalue weighted by Crippen LogP contribution is -2.45. The molecule has 3 heterocycles. The molecular formula is C16H27N5O3. The zero-order valence-electron chi connectivity index (χ0n) is 14.3. The normalized spacial score (nSPS) is 25.0. The quantitative estimate of drug-likeness (QED) is 0.743. The summed E-state index contributed by atoms with van der Waals surface area (Å²) in [5.74, 6) is 2.09. The fourth-order valence-electron chi connectivity index (χ4n) is 3.07. The maximum absolute atomic E-state index is 12.1. The number of rotatable bonds is 7. The van der Waals surface area contributed by atoms with Crippen molar-refractivity contribution in [3.8, 4) is 0 Å². The molecule has 1 aromatic heterocycles. The van der Waals surface area contributed by atoms with Crippen LogP contribution in [0.5, 0.6) is 0 Å². The van der Waals surface area contributed by atoms with Crippen LogP contribution in [0.25, 0.3) is 0 Å². The molecule has 0 spiro atoms. The van der Waals surface area contributed by atoms with Gasteiger partial charge in [0.25, 0.3) is 0 Å². The number of nitrogens with zero attached hydrogens (tertiary/aromatic N) is 3. The molecule has 0 aliphatic carbocycles. The summed E-state index contributed by atoms with van der Waals surface area (Å²) in [5.41, 5.74) is 0. The minimum absolute atomic E-state index is 0.0595. The number of carbonyl (C=O) groups excluding carboxylic acids is 1. The van der Waals surface area contributed by atoms with Crippen LogP contribution in [0.15, 0.2) is 0 Å². The number of aryl methyl sites for hydroxylation is 1. The number of H-pyrrole nitrogens is 1. The van der Waals surface area contributed by atoms with Crippen molar-refractivity contribution in [2.75, 3.05) is 46.0 Å². The Hall–Kier alpha value is -1.51. The van der Waals surface area contributed by atoms with Gasteiger partial charge in [-0.05, 0) is 12.8 Å². The Morgan fingerprint density at radius 3 is 3.17 bits per heavy atom. The van der Waals surface area contributed by atoms with Gasteiger partial charge < -0.3 is 14.8 Å². The lowest BCUT2D eigenvalue weighted by molar-refractivity contribution is -0.124. The maximum atomic E-state index is 12.1. The van der Waals surface area contributed by atoms with Crippen LogP contribution in [0, 0.1) is 5.92 Å². The van der Waals surface area contributed by atoms with E-state index in [1.54, 1.807) is 0 Å². The third-order valence-corrected chi connectivity index (χ3v) is 4.45. The maximum Gasteiger partial charge on any atom is 0.234 e. The van der Waals surface area contributed by atoms with Gasteiger partial charge >= 0.3 is 0 Å². The van der Waals surface area contributed by atoms with Crippen molar-refractivity contribution >= 4 is 5.91 Å². The van der Waals surface area contributed by atoms with Gasteiger partial charge in [0, 0.05) is 38.6 Å². The molecule has 0 unspecified atom stereocenters. The van der Waals surface area contributed by atoms with Crippen LogP contribution < -0.4 is 5.32 Å². The largest absolute Gasteiger partial charge is 0.381 e. The molecule has 24 heavy (non-hydrogen) atoms. The van der Waals surface area contributed by atoms with Crippen molar-refractivity contribution in [2.45, 2.75) is 32.3 Å². The molecule has 0 saturated carbocycles. The fourth-order valence-corrected chi connectivity index (χ4v) is 3.07. The zero-order valence-corrected chi connectivity index (χ0v) is 14.3. The van der Waals surface area contributed by atoms with Gasteiger partial charge in [0.2, 0.25) is 5.91 Å². The molecule has 1 amide bonds. The lowest BCUT2D eigenvalue weighted by atomic mass is 10.1. The monoisotopic (exact) mass is 337 g/mol. The Morgan fingerprint density at radius 1 is 1.46 bits per heavy atom. The topological polar surface area (TPSA) is 92.4 Å². The first-order valence-corrected chi connectivity index (χ1v) is 8.84. The Morgan fingerprint density at radius 2 is 2.38 bits per heavy atom. The Bertz CT molecular complexity index is 530. The molecule has 3 rings (SSSR count). The summed E-state index contributed by atoms with van der Waals surface area (Å²) in [6.07, 6.45) is 2.77. The molecule has 8 nitrogen and oxygen atoms in total. The highest BCUT2D eigenvalue weighted by Gasteiger charge is 2.26. The predicted octanol–water partition coefficient (Wildman–Crippen LogP) is 0.283. The van der Waals surface area contributed by atoms with Crippen molar-refractivity contribution in [1.29, 1.82) is 0 Å². The highest BCUT2D eigenvalue weighted by Crippen LogP contribution is 2.19. The van der Waals surface area contributed by atoms with Gasteiger partial charge in [0.15, 0.2) is 5.82 Å². The number of hydrogen-bond acceptors (Lipinski definition) is 6. The van der Waals surface area contributed by atoms with Crippen molar-refractivity contribution < 1.29 is 14.3 Å². The molecule has 0 radical (unpaired) electrons. The SMILES string of the molecule is CCCc1nc([C@@H]2CN(CC(=O)NC[C@@H]3CCOC3)CCO2)n[nH]1. The van der Waals surface area contributed by atoms with E-state index >= 15 is 0 Å². The summed E-state index contributed by atoms with van der Waals surface area (Å²) < 4.78 is 11.1. The zero-order chi connectivity index (χ0) is 16.8. The van der Waals surface area contributed by atoms with Crippen molar-refractivity contribution in [2.24, 2.45) is 5.92 Å². The van der Waals surface area contributed by atoms with Crippen molar-refractivity contribution in [3.63, 3.8) is 0 Å².